The molecule has 0 aliphatic heterocycles. The summed E-state index contributed by atoms with van der Waals surface area (Å²) in [6, 6.07) is 4.97. The van der Waals surface area contributed by atoms with Crippen molar-refractivity contribution in [3.05, 3.63) is 33.9 Å². The normalized spacial score (nSPS) is 17.6. The molecule has 2 aliphatic carbocycles. The molecule has 0 bridgehead atoms. The summed E-state index contributed by atoms with van der Waals surface area (Å²) < 4.78 is 0. The number of nitrogens with one attached hydrogen (secondary N) is 2. The summed E-state index contributed by atoms with van der Waals surface area (Å²) in [6.07, 6.45) is 4.83. The zero-order valence-electron chi connectivity index (χ0n) is 12.0. The Morgan fingerprint density at radius 3 is 2.38 bits per heavy atom. The van der Waals surface area contributed by atoms with Crippen molar-refractivity contribution in [3.8, 4) is 0 Å². The van der Waals surface area contributed by atoms with Crippen molar-refractivity contribution in [2.75, 3.05) is 12.4 Å². The van der Waals surface area contributed by atoms with Crippen LogP contribution in [0.1, 0.15) is 36.0 Å². The lowest BCUT2D eigenvalue weighted by molar-refractivity contribution is -0.384. The number of rotatable bonds is 6. The molecule has 0 heterocycles. The summed E-state index contributed by atoms with van der Waals surface area (Å²) in [5, 5.41) is 17.1. The fraction of sp³-hybridized carbons (Fsp3) is 0.533. The number of amides is 1. The van der Waals surface area contributed by atoms with E-state index in [0.29, 0.717) is 29.1 Å². The van der Waals surface area contributed by atoms with E-state index in [2.05, 4.69) is 10.6 Å². The number of nitro benzene ring substituents is 1. The van der Waals surface area contributed by atoms with Crippen molar-refractivity contribution in [3.63, 3.8) is 0 Å². The van der Waals surface area contributed by atoms with E-state index in [1.807, 2.05) is 0 Å². The first kappa shape index (κ1) is 13.9. The van der Waals surface area contributed by atoms with Crippen LogP contribution >= 0.6 is 0 Å². The second kappa shape index (κ2) is 5.35. The lowest BCUT2D eigenvalue weighted by Gasteiger charge is -2.19. The third-order valence-corrected chi connectivity index (χ3v) is 4.27. The van der Waals surface area contributed by atoms with Crippen molar-refractivity contribution in [1.82, 2.24) is 5.32 Å². The molecular weight excluding hydrogens is 270 g/mol. The van der Waals surface area contributed by atoms with Gasteiger partial charge in [0, 0.05) is 24.7 Å². The van der Waals surface area contributed by atoms with Crippen molar-refractivity contribution in [2.24, 2.45) is 11.8 Å². The Balaban J connectivity index is 1.86. The standard InChI is InChI=1S/C15H19N3O3/c1-16-15(19)11-6-7-12(13(8-11)18(20)21)17-14(9-2-3-9)10-4-5-10/h6-10,14,17H,2-5H2,1H3,(H,16,19). The van der Waals surface area contributed by atoms with Gasteiger partial charge in [0.15, 0.2) is 0 Å². The summed E-state index contributed by atoms with van der Waals surface area (Å²) in [6.45, 7) is 0. The first-order chi connectivity index (χ1) is 10.1. The van der Waals surface area contributed by atoms with Crippen LogP contribution in [0.5, 0.6) is 0 Å². The fourth-order valence-corrected chi connectivity index (χ4v) is 2.80. The summed E-state index contributed by atoms with van der Waals surface area (Å²) in [4.78, 5) is 22.5. The second-order valence-corrected chi connectivity index (χ2v) is 5.91. The SMILES string of the molecule is CNC(=O)c1ccc(NC(C2CC2)C2CC2)c([N+](=O)[O-])c1. The van der Waals surface area contributed by atoms with E-state index in [4.69, 9.17) is 0 Å². The maximum absolute atomic E-state index is 11.6. The average molecular weight is 289 g/mol. The number of hydrogen-bond donors (Lipinski definition) is 2. The van der Waals surface area contributed by atoms with E-state index in [9.17, 15) is 14.9 Å². The van der Waals surface area contributed by atoms with Crippen molar-refractivity contribution >= 4 is 17.3 Å². The van der Waals surface area contributed by atoms with Crippen LogP contribution in [0.15, 0.2) is 18.2 Å². The zero-order valence-corrected chi connectivity index (χ0v) is 12.0. The number of nitrogens with zero attached hydrogens (tertiary/aromatic N) is 1. The minimum atomic E-state index is -0.425. The first-order valence-corrected chi connectivity index (χ1v) is 7.37. The van der Waals surface area contributed by atoms with Gasteiger partial charge in [0.05, 0.1) is 4.92 Å². The van der Waals surface area contributed by atoms with Crippen molar-refractivity contribution in [1.29, 1.82) is 0 Å². The Kier molecular flexibility index (Phi) is 3.53. The van der Waals surface area contributed by atoms with Crippen LogP contribution in [-0.4, -0.2) is 23.9 Å². The molecule has 0 atom stereocenters. The zero-order chi connectivity index (χ0) is 15.0. The Morgan fingerprint density at radius 2 is 1.90 bits per heavy atom. The van der Waals surface area contributed by atoms with Crippen LogP contribution in [0.25, 0.3) is 0 Å². The van der Waals surface area contributed by atoms with Crippen LogP contribution in [0.2, 0.25) is 0 Å². The molecule has 21 heavy (non-hydrogen) atoms. The molecule has 2 aliphatic rings. The van der Waals surface area contributed by atoms with E-state index in [1.54, 1.807) is 12.1 Å². The molecule has 0 unspecified atom stereocenters. The maximum atomic E-state index is 11.6. The predicted octanol–water partition coefficient (Wildman–Crippen LogP) is 2.55. The third kappa shape index (κ3) is 2.99. The highest BCUT2D eigenvalue weighted by molar-refractivity contribution is 5.95. The number of carbonyl (C=O) groups excluding carboxylic acids is 1. The fourth-order valence-electron chi connectivity index (χ4n) is 2.80. The van der Waals surface area contributed by atoms with Gasteiger partial charge in [0.25, 0.3) is 11.6 Å². The molecule has 3 rings (SSSR count). The number of benzene rings is 1. The average Bonchev–Trinajstić information content (AvgIpc) is 3.37. The van der Waals surface area contributed by atoms with E-state index in [1.165, 1.54) is 38.8 Å². The van der Waals surface area contributed by atoms with Crippen LogP contribution in [-0.2, 0) is 0 Å². The van der Waals surface area contributed by atoms with E-state index in [-0.39, 0.29) is 11.6 Å². The number of carbonyl (C=O) groups is 1. The monoisotopic (exact) mass is 289 g/mol. The molecular formula is C15H19N3O3. The molecule has 6 nitrogen and oxygen atoms in total. The third-order valence-electron chi connectivity index (χ3n) is 4.27. The Morgan fingerprint density at radius 1 is 1.29 bits per heavy atom. The molecule has 1 aromatic carbocycles. The molecule has 2 N–H and O–H groups in total. The van der Waals surface area contributed by atoms with Gasteiger partial charge in [0.2, 0.25) is 0 Å². The molecule has 6 heteroatoms. The largest absolute Gasteiger partial charge is 0.376 e. The van der Waals surface area contributed by atoms with Gasteiger partial charge in [-0.1, -0.05) is 0 Å². The van der Waals surface area contributed by atoms with Crippen LogP contribution < -0.4 is 10.6 Å². The van der Waals surface area contributed by atoms with Crippen LogP contribution in [0, 0.1) is 22.0 Å². The summed E-state index contributed by atoms with van der Waals surface area (Å²) in [5.74, 6) is 0.983. The topological polar surface area (TPSA) is 84.3 Å². The molecule has 112 valence electrons. The summed E-state index contributed by atoms with van der Waals surface area (Å²) in [5.41, 5.74) is 0.808. The number of anilines is 1. The van der Waals surface area contributed by atoms with Crippen molar-refractivity contribution < 1.29 is 9.72 Å². The Labute approximate surface area is 123 Å². The molecule has 1 amide bonds. The molecule has 0 spiro atoms. The minimum Gasteiger partial charge on any atom is -0.376 e. The van der Waals surface area contributed by atoms with E-state index in [0.717, 1.165) is 0 Å². The van der Waals surface area contributed by atoms with Gasteiger partial charge in [-0.2, -0.15) is 0 Å². The van der Waals surface area contributed by atoms with Gasteiger partial charge in [-0.25, -0.2) is 0 Å². The van der Waals surface area contributed by atoms with Gasteiger partial charge >= 0.3 is 0 Å². The van der Waals surface area contributed by atoms with E-state index < -0.39 is 4.92 Å². The van der Waals surface area contributed by atoms with Gasteiger partial charge in [-0.15, -0.1) is 0 Å². The summed E-state index contributed by atoms with van der Waals surface area (Å²) in [7, 11) is 1.51. The second-order valence-electron chi connectivity index (χ2n) is 5.91. The minimum absolute atomic E-state index is 0.0256. The highest BCUT2D eigenvalue weighted by atomic mass is 16.6. The highest BCUT2D eigenvalue weighted by Gasteiger charge is 2.42. The van der Waals surface area contributed by atoms with Gasteiger partial charge in [0.1, 0.15) is 5.69 Å². The Hall–Kier alpha value is -2.11. The number of nitro groups is 1. The molecule has 0 aromatic heterocycles. The highest BCUT2D eigenvalue weighted by Crippen LogP contribution is 2.46. The maximum Gasteiger partial charge on any atom is 0.293 e. The lowest BCUT2D eigenvalue weighted by Crippen LogP contribution is -2.25. The van der Waals surface area contributed by atoms with Gasteiger partial charge < -0.3 is 10.6 Å². The quantitative estimate of drug-likeness (QED) is 0.622. The van der Waals surface area contributed by atoms with Crippen LogP contribution in [0.3, 0.4) is 0 Å². The molecule has 1 aromatic rings. The van der Waals surface area contributed by atoms with E-state index >= 15 is 0 Å². The summed E-state index contributed by atoms with van der Waals surface area (Å²) >= 11 is 0. The lowest BCUT2D eigenvalue weighted by atomic mass is 10.1. The molecule has 0 radical (unpaired) electrons. The van der Waals surface area contributed by atoms with Gasteiger partial charge in [-0.3, -0.25) is 14.9 Å². The molecule has 0 saturated heterocycles. The van der Waals surface area contributed by atoms with Gasteiger partial charge in [-0.05, 0) is 49.7 Å². The molecule has 2 fully saturated rings. The number of hydrogen-bond acceptors (Lipinski definition) is 4. The van der Waals surface area contributed by atoms with Crippen LogP contribution in [0.4, 0.5) is 11.4 Å². The predicted molar refractivity (Wildman–Crippen MR) is 79.3 cm³/mol. The molecule has 2 saturated carbocycles. The smallest absolute Gasteiger partial charge is 0.293 e. The first-order valence-electron chi connectivity index (χ1n) is 7.37. The Bertz CT molecular complexity index is 568. The van der Waals surface area contributed by atoms with Crippen molar-refractivity contribution in [2.45, 2.75) is 31.7 Å².